The van der Waals surface area contributed by atoms with Gasteiger partial charge in [-0.15, -0.1) is 15.3 Å². The Balaban J connectivity index is 1.53. The second-order valence-corrected chi connectivity index (χ2v) is 7.19. The van der Waals surface area contributed by atoms with Crippen LogP contribution in [0.3, 0.4) is 0 Å². The first-order valence-corrected chi connectivity index (χ1v) is 9.96. The molecule has 5 rings (SSSR count). The van der Waals surface area contributed by atoms with Gasteiger partial charge in [0.2, 0.25) is 5.82 Å². The third-order valence-electron chi connectivity index (χ3n) is 5.27. The molecular weight excluding hydrogens is 390 g/mol. The number of nitrogen functional groups attached to an aromatic ring is 1. The summed E-state index contributed by atoms with van der Waals surface area (Å²) >= 11 is 0. The minimum atomic E-state index is 0.448. The van der Waals surface area contributed by atoms with Crippen LogP contribution in [0.5, 0.6) is 0 Å². The summed E-state index contributed by atoms with van der Waals surface area (Å²) in [6.45, 7) is 2.08. The Morgan fingerprint density at radius 3 is 2.52 bits per heavy atom. The lowest BCUT2D eigenvalue weighted by Crippen LogP contribution is -2.15. The highest BCUT2D eigenvalue weighted by molar-refractivity contribution is 5.81. The van der Waals surface area contributed by atoms with Crippen molar-refractivity contribution in [2.45, 2.75) is 13.3 Å². The topological polar surface area (TPSA) is 114 Å². The number of rotatable bonds is 5. The Labute approximate surface area is 178 Å². The number of fused-ring (bicyclic) bond motifs is 1. The number of nitrogens with two attached hydrogens (primary N) is 1. The van der Waals surface area contributed by atoms with Crippen molar-refractivity contribution in [3.63, 3.8) is 0 Å². The summed E-state index contributed by atoms with van der Waals surface area (Å²) in [5, 5.41) is 18.9. The number of aromatic nitrogens is 7. The highest BCUT2D eigenvalue weighted by Crippen LogP contribution is 2.32. The molecule has 0 saturated carbocycles. The fourth-order valence-electron chi connectivity index (χ4n) is 3.65. The summed E-state index contributed by atoms with van der Waals surface area (Å²) < 4.78 is 1.77. The predicted molar refractivity (Wildman–Crippen MR) is 120 cm³/mol. The number of nitrogens with zero attached hydrogens (tertiary/aromatic N) is 7. The molecule has 0 fully saturated rings. The monoisotopic (exact) mass is 411 g/mol. The molecule has 3 N–H and O–H groups in total. The summed E-state index contributed by atoms with van der Waals surface area (Å²) in [6.07, 6.45) is 0.828. The molecule has 5 aromatic rings. The molecule has 2 aromatic carbocycles. The molecule has 3 heterocycles. The normalized spacial score (nSPS) is 11.2. The van der Waals surface area contributed by atoms with Gasteiger partial charge in [-0.25, -0.2) is 4.98 Å². The van der Waals surface area contributed by atoms with E-state index in [4.69, 9.17) is 5.73 Å². The Morgan fingerprint density at radius 2 is 1.81 bits per heavy atom. The first kappa shape index (κ1) is 18.7. The maximum Gasteiger partial charge on any atom is 0.205 e. The van der Waals surface area contributed by atoms with E-state index in [1.807, 2.05) is 31.3 Å². The van der Waals surface area contributed by atoms with Gasteiger partial charge in [-0.05, 0) is 34.9 Å². The quantitative estimate of drug-likeness (QED) is 0.455. The number of tetrazole rings is 1. The molecule has 9 nitrogen and oxygen atoms in total. The molecule has 9 heteroatoms. The van der Waals surface area contributed by atoms with Gasteiger partial charge in [0.25, 0.3) is 0 Å². The van der Waals surface area contributed by atoms with E-state index in [0.29, 0.717) is 11.6 Å². The zero-order chi connectivity index (χ0) is 21.4. The van der Waals surface area contributed by atoms with E-state index in [0.717, 1.165) is 46.0 Å². The lowest BCUT2D eigenvalue weighted by Gasteiger charge is -2.21. The lowest BCUT2D eigenvalue weighted by molar-refractivity contribution is 0.881. The van der Waals surface area contributed by atoms with Gasteiger partial charge in [0.1, 0.15) is 11.6 Å². The molecule has 31 heavy (non-hydrogen) atoms. The number of hydrogen-bond donors (Lipinski definition) is 2. The molecule has 0 aliphatic heterocycles. The van der Waals surface area contributed by atoms with E-state index in [-0.39, 0.29) is 0 Å². The highest BCUT2D eigenvalue weighted by atomic mass is 15.5. The molecule has 0 aliphatic carbocycles. The Morgan fingerprint density at radius 1 is 1.03 bits per heavy atom. The molecule has 0 spiro atoms. The lowest BCUT2D eigenvalue weighted by atomic mass is 9.99. The van der Waals surface area contributed by atoms with Crippen LogP contribution in [0, 0.1) is 0 Å². The molecule has 3 aromatic heterocycles. The number of aromatic amines is 1. The first-order chi connectivity index (χ1) is 15.1. The van der Waals surface area contributed by atoms with Gasteiger partial charge in [0, 0.05) is 36.1 Å². The molecule has 154 valence electrons. The number of aryl methyl sites for hydroxylation is 1. The molecule has 0 radical (unpaired) electrons. The van der Waals surface area contributed by atoms with Crippen LogP contribution in [-0.4, -0.2) is 42.3 Å². The molecule has 0 saturated heterocycles. The maximum absolute atomic E-state index is 5.92. The predicted octanol–water partition coefficient (Wildman–Crippen LogP) is 3.49. The first-order valence-electron chi connectivity index (χ1n) is 9.96. The van der Waals surface area contributed by atoms with Crippen LogP contribution in [0.4, 0.5) is 17.3 Å². The fraction of sp³-hybridized carbons (Fsp3) is 0.136. The van der Waals surface area contributed by atoms with Gasteiger partial charge in [0.15, 0.2) is 5.65 Å². The maximum atomic E-state index is 5.92. The summed E-state index contributed by atoms with van der Waals surface area (Å²) in [6, 6.07) is 20.2. The van der Waals surface area contributed by atoms with Crippen molar-refractivity contribution in [2.75, 3.05) is 17.7 Å². The van der Waals surface area contributed by atoms with Gasteiger partial charge in [-0.2, -0.15) is 9.73 Å². The summed E-state index contributed by atoms with van der Waals surface area (Å²) in [4.78, 5) is 6.69. The van der Waals surface area contributed by atoms with Crippen LogP contribution in [-0.2, 0) is 6.42 Å². The smallest absolute Gasteiger partial charge is 0.205 e. The number of benzene rings is 2. The van der Waals surface area contributed by atoms with E-state index in [9.17, 15) is 0 Å². The minimum Gasteiger partial charge on any atom is -0.382 e. The van der Waals surface area contributed by atoms with Crippen molar-refractivity contribution in [3.05, 3.63) is 66.4 Å². The minimum absolute atomic E-state index is 0.448. The highest BCUT2D eigenvalue weighted by Gasteiger charge is 2.14. The third-order valence-corrected chi connectivity index (χ3v) is 5.27. The summed E-state index contributed by atoms with van der Waals surface area (Å²) in [5.74, 6) is 1.92. The van der Waals surface area contributed by atoms with Crippen LogP contribution in [0.1, 0.15) is 12.6 Å². The molecule has 0 bridgehead atoms. The Hall–Kier alpha value is -4.27. The van der Waals surface area contributed by atoms with Gasteiger partial charge in [0.05, 0.1) is 0 Å². The van der Waals surface area contributed by atoms with E-state index in [1.165, 1.54) is 0 Å². The second kappa shape index (κ2) is 7.52. The molecular formula is C22H21N9. The van der Waals surface area contributed by atoms with E-state index in [1.54, 1.807) is 10.6 Å². The molecule has 0 amide bonds. The molecule has 0 aliphatic rings. The fourth-order valence-corrected chi connectivity index (χ4v) is 3.65. The van der Waals surface area contributed by atoms with Gasteiger partial charge in [-0.1, -0.05) is 43.3 Å². The number of anilines is 3. The average Bonchev–Trinajstić information content (AvgIpc) is 3.47. The second-order valence-electron chi connectivity index (χ2n) is 7.19. The van der Waals surface area contributed by atoms with Gasteiger partial charge >= 0.3 is 0 Å². The van der Waals surface area contributed by atoms with Crippen molar-refractivity contribution in [1.29, 1.82) is 0 Å². The van der Waals surface area contributed by atoms with Gasteiger partial charge < -0.3 is 10.6 Å². The largest absolute Gasteiger partial charge is 0.382 e. The van der Waals surface area contributed by atoms with Crippen molar-refractivity contribution in [1.82, 2.24) is 35.2 Å². The van der Waals surface area contributed by atoms with Crippen LogP contribution >= 0.6 is 0 Å². The van der Waals surface area contributed by atoms with Crippen LogP contribution < -0.4 is 10.6 Å². The van der Waals surface area contributed by atoms with E-state index >= 15 is 0 Å². The van der Waals surface area contributed by atoms with Crippen LogP contribution in [0.25, 0.3) is 28.2 Å². The average molecular weight is 411 g/mol. The zero-order valence-corrected chi connectivity index (χ0v) is 17.2. The van der Waals surface area contributed by atoms with Crippen molar-refractivity contribution < 1.29 is 0 Å². The zero-order valence-electron chi connectivity index (χ0n) is 17.2. The van der Waals surface area contributed by atoms with E-state index in [2.05, 4.69) is 72.9 Å². The summed E-state index contributed by atoms with van der Waals surface area (Å²) in [5.41, 5.74) is 11.7. The molecule has 0 unspecified atom stereocenters. The van der Waals surface area contributed by atoms with Gasteiger partial charge in [-0.3, -0.25) is 0 Å². The Kier molecular flexibility index (Phi) is 4.55. The summed E-state index contributed by atoms with van der Waals surface area (Å²) in [7, 11) is 2.01. The van der Waals surface area contributed by atoms with Crippen molar-refractivity contribution in [2.24, 2.45) is 0 Å². The standard InChI is InChI=1S/C22H21N9/c1-3-15-12-21(31-20(24-15)13-19(23)27-31)30(2)16-10-8-14(9-11-16)17-6-4-5-7-18(17)22-25-28-29-26-22/h4-13H,3H2,1-2H3,(H2,23,27)(H,25,26,28,29). The van der Waals surface area contributed by atoms with Crippen LogP contribution in [0.15, 0.2) is 60.7 Å². The van der Waals surface area contributed by atoms with Crippen LogP contribution in [0.2, 0.25) is 0 Å². The molecule has 0 atom stereocenters. The number of hydrogen-bond acceptors (Lipinski definition) is 7. The number of nitrogens with one attached hydrogen (secondary N) is 1. The number of H-pyrrole nitrogens is 1. The Bertz CT molecular complexity index is 1340. The third kappa shape index (κ3) is 3.35. The van der Waals surface area contributed by atoms with E-state index < -0.39 is 0 Å². The van der Waals surface area contributed by atoms with Crippen molar-refractivity contribution >= 4 is 23.0 Å². The SMILES string of the molecule is CCc1cc(N(C)c2ccc(-c3ccccc3-c3nn[nH]n3)cc2)n2nc(N)cc2n1. The van der Waals surface area contributed by atoms with Crippen molar-refractivity contribution in [3.8, 4) is 22.5 Å².